The van der Waals surface area contributed by atoms with Crippen molar-refractivity contribution in [3.8, 4) is 0 Å². The minimum atomic E-state index is 0. The Morgan fingerprint density at radius 2 is 2.03 bits per heavy atom. The Kier molecular flexibility index (Phi) is 9.57. The monoisotopic (exact) mass is 525 g/mol. The van der Waals surface area contributed by atoms with Crippen LogP contribution in [0.3, 0.4) is 0 Å². The van der Waals surface area contributed by atoms with Crippen LogP contribution in [0.25, 0.3) is 0 Å². The summed E-state index contributed by atoms with van der Waals surface area (Å²) in [6.45, 7) is 6.95. The van der Waals surface area contributed by atoms with Crippen LogP contribution in [0, 0.1) is 0 Å². The number of carbonyl (C=O) groups is 1. The van der Waals surface area contributed by atoms with Gasteiger partial charge in [0.2, 0.25) is 5.91 Å². The van der Waals surface area contributed by atoms with Crippen LogP contribution in [0.5, 0.6) is 0 Å². The number of aliphatic imine (C=N–C) groups is 1. The van der Waals surface area contributed by atoms with Gasteiger partial charge < -0.3 is 20.0 Å². The van der Waals surface area contributed by atoms with Gasteiger partial charge in [-0.25, -0.2) is 0 Å². The molecule has 1 N–H and O–H groups in total. The zero-order valence-corrected chi connectivity index (χ0v) is 20.3. The van der Waals surface area contributed by atoms with Crippen LogP contribution in [-0.2, 0) is 18.4 Å². The number of piperazine rings is 1. The number of amides is 1. The Morgan fingerprint density at radius 3 is 2.67 bits per heavy atom. The lowest BCUT2D eigenvalue weighted by molar-refractivity contribution is -0.120. The molecule has 0 aliphatic carbocycles. The van der Waals surface area contributed by atoms with Gasteiger partial charge >= 0.3 is 0 Å². The molecule has 0 bridgehead atoms. The molecule has 0 spiro atoms. The first kappa shape index (κ1) is 24.1. The number of hydrogen-bond acceptors (Lipinski definition) is 4. The van der Waals surface area contributed by atoms with Crippen molar-refractivity contribution >= 4 is 41.5 Å². The number of nitrogens with one attached hydrogen (secondary N) is 1. The maximum Gasteiger partial charge on any atom is 0.246 e. The summed E-state index contributed by atoms with van der Waals surface area (Å²) < 4.78 is 1.71. The second kappa shape index (κ2) is 11.9. The van der Waals surface area contributed by atoms with Crippen molar-refractivity contribution in [2.75, 3.05) is 51.2 Å². The Labute approximate surface area is 195 Å². The summed E-state index contributed by atoms with van der Waals surface area (Å²) >= 11 is 0. The van der Waals surface area contributed by atoms with Gasteiger partial charge in [-0.1, -0.05) is 30.3 Å². The Morgan fingerprint density at radius 1 is 1.27 bits per heavy atom. The highest BCUT2D eigenvalue weighted by Gasteiger charge is 2.27. The number of likely N-dealkylation sites (N-methyl/N-ethyl adjacent to an activating group) is 1. The quantitative estimate of drug-likeness (QED) is 0.339. The maximum absolute atomic E-state index is 12.7. The summed E-state index contributed by atoms with van der Waals surface area (Å²) in [4.78, 5) is 23.5. The molecule has 1 amide bonds. The smallest absolute Gasteiger partial charge is 0.246 e. The Hall–Kier alpha value is -2.14. The van der Waals surface area contributed by atoms with E-state index >= 15 is 0 Å². The van der Waals surface area contributed by atoms with Crippen LogP contribution in [0.2, 0.25) is 0 Å². The largest absolute Gasteiger partial charge is 0.357 e. The van der Waals surface area contributed by atoms with Crippen LogP contribution >= 0.6 is 24.0 Å². The van der Waals surface area contributed by atoms with Gasteiger partial charge in [-0.2, -0.15) is 5.10 Å². The minimum absolute atomic E-state index is 0. The molecule has 0 atom stereocenters. The third-order valence-corrected chi connectivity index (χ3v) is 4.90. The second-order valence-electron chi connectivity index (χ2n) is 7.30. The molecule has 164 valence electrons. The van der Waals surface area contributed by atoms with E-state index in [1.807, 2.05) is 31.1 Å². The zero-order valence-electron chi connectivity index (χ0n) is 18.0. The first-order valence-corrected chi connectivity index (χ1v) is 10.1. The lowest BCUT2D eigenvalue weighted by atomic mass is 10.2. The minimum Gasteiger partial charge on any atom is -0.357 e. The van der Waals surface area contributed by atoms with E-state index in [-0.39, 0.29) is 29.9 Å². The van der Waals surface area contributed by atoms with Gasteiger partial charge in [-0.3, -0.25) is 14.5 Å². The molecular formula is C21H32IN7O. The van der Waals surface area contributed by atoms with Crippen molar-refractivity contribution in [2.24, 2.45) is 12.0 Å². The summed E-state index contributed by atoms with van der Waals surface area (Å²) in [5.74, 6) is 0.871. The van der Waals surface area contributed by atoms with Crippen molar-refractivity contribution in [3.63, 3.8) is 0 Å². The summed E-state index contributed by atoms with van der Waals surface area (Å²) in [6, 6.07) is 10.4. The molecule has 0 radical (unpaired) electrons. The molecule has 0 unspecified atom stereocenters. The predicted octanol–water partition coefficient (Wildman–Crippen LogP) is 1.78. The standard InChI is InChI=1S/C21H31N7O.HI/c1-4-22-21(23-10-11-25(2)15-18-8-6-5-7-9-18)27-12-13-28(20(29)17-27)19-14-24-26(3)16-19;/h5-9,14,16H,4,10-13,15,17H2,1-3H3,(H,22,23);1H. The van der Waals surface area contributed by atoms with Crippen molar-refractivity contribution < 1.29 is 4.79 Å². The van der Waals surface area contributed by atoms with E-state index in [9.17, 15) is 4.79 Å². The van der Waals surface area contributed by atoms with Crippen molar-refractivity contribution in [1.29, 1.82) is 0 Å². The number of benzene rings is 1. The fourth-order valence-electron chi connectivity index (χ4n) is 3.40. The molecule has 30 heavy (non-hydrogen) atoms. The molecule has 9 heteroatoms. The summed E-state index contributed by atoms with van der Waals surface area (Å²) in [6.07, 6.45) is 3.60. The van der Waals surface area contributed by atoms with Crippen molar-refractivity contribution in [3.05, 3.63) is 48.3 Å². The molecule has 1 aliphatic heterocycles. The topological polar surface area (TPSA) is 69.0 Å². The van der Waals surface area contributed by atoms with E-state index in [2.05, 4.69) is 46.6 Å². The van der Waals surface area contributed by atoms with Gasteiger partial charge in [0, 0.05) is 46.0 Å². The number of aromatic nitrogens is 2. The Balaban J connectivity index is 0.00000320. The van der Waals surface area contributed by atoms with Gasteiger partial charge in [0.25, 0.3) is 0 Å². The molecule has 1 aliphatic rings. The van der Waals surface area contributed by atoms with Crippen molar-refractivity contribution in [1.82, 2.24) is 24.9 Å². The van der Waals surface area contributed by atoms with Crippen LogP contribution in [0.1, 0.15) is 12.5 Å². The lowest BCUT2D eigenvalue weighted by Gasteiger charge is -2.35. The third-order valence-electron chi connectivity index (χ3n) is 4.90. The third kappa shape index (κ3) is 6.69. The van der Waals surface area contributed by atoms with Crippen molar-refractivity contribution in [2.45, 2.75) is 13.5 Å². The first-order chi connectivity index (χ1) is 14.1. The fraction of sp³-hybridized carbons (Fsp3) is 0.476. The van der Waals surface area contributed by atoms with Gasteiger partial charge in [0.1, 0.15) is 6.54 Å². The molecule has 2 aromatic rings. The van der Waals surface area contributed by atoms with Gasteiger partial charge in [-0.15, -0.1) is 24.0 Å². The number of nitrogens with zero attached hydrogens (tertiary/aromatic N) is 6. The molecule has 1 aromatic carbocycles. The van der Waals surface area contributed by atoms with E-state index < -0.39 is 0 Å². The summed E-state index contributed by atoms with van der Waals surface area (Å²) in [5, 5.41) is 7.49. The average molecular weight is 525 g/mol. The van der Waals surface area contributed by atoms with E-state index in [0.29, 0.717) is 19.6 Å². The SMILES string of the molecule is CCNC(=NCCN(C)Cc1ccccc1)N1CCN(c2cnn(C)c2)C(=O)C1.I. The summed E-state index contributed by atoms with van der Waals surface area (Å²) in [7, 11) is 3.96. The Bertz CT molecular complexity index is 824. The van der Waals surface area contributed by atoms with Crippen LogP contribution < -0.4 is 10.2 Å². The van der Waals surface area contributed by atoms with Gasteiger partial charge in [-0.05, 0) is 19.5 Å². The first-order valence-electron chi connectivity index (χ1n) is 10.1. The highest BCUT2D eigenvalue weighted by molar-refractivity contribution is 14.0. The second-order valence-corrected chi connectivity index (χ2v) is 7.30. The molecule has 1 fully saturated rings. The van der Waals surface area contributed by atoms with Gasteiger partial charge in [0.15, 0.2) is 5.96 Å². The molecule has 1 aromatic heterocycles. The predicted molar refractivity (Wildman–Crippen MR) is 131 cm³/mol. The number of anilines is 1. The fourth-order valence-corrected chi connectivity index (χ4v) is 3.40. The number of rotatable bonds is 7. The summed E-state index contributed by atoms with van der Waals surface area (Å²) in [5.41, 5.74) is 2.14. The van der Waals surface area contributed by atoms with Crippen LogP contribution in [0.15, 0.2) is 47.7 Å². The molecule has 8 nitrogen and oxygen atoms in total. The molecular weight excluding hydrogens is 493 g/mol. The van der Waals surface area contributed by atoms with E-state index in [0.717, 1.165) is 37.8 Å². The van der Waals surface area contributed by atoms with E-state index in [1.165, 1.54) is 5.56 Å². The lowest BCUT2D eigenvalue weighted by Crippen LogP contribution is -2.55. The number of aryl methyl sites for hydroxylation is 1. The highest BCUT2D eigenvalue weighted by atomic mass is 127. The number of carbonyl (C=O) groups excluding carboxylic acids is 1. The van der Waals surface area contributed by atoms with Crippen LogP contribution in [0.4, 0.5) is 5.69 Å². The maximum atomic E-state index is 12.7. The highest BCUT2D eigenvalue weighted by Crippen LogP contribution is 2.16. The number of halogens is 1. The normalized spacial score (nSPS) is 14.8. The van der Waals surface area contributed by atoms with Gasteiger partial charge in [0.05, 0.1) is 18.4 Å². The number of guanidine groups is 1. The molecule has 2 heterocycles. The zero-order chi connectivity index (χ0) is 20.6. The van der Waals surface area contributed by atoms with E-state index in [4.69, 9.17) is 4.99 Å². The number of hydrogen-bond donors (Lipinski definition) is 1. The van der Waals surface area contributed by atoms with Crippen LogP contribution in [-0.4, -0.2) is 77.8 Å². The molecule has 1 saturated heterocycles. The van der Waals surface area contributed by atoms with E-state index in [1.54, 1.807) is 15.8 Å². The molecule has 0 saturated carbocycles. The molecule has 3 rings (SSSR count). The average Bonchev–Trinajstić information content (AvgIpc) is 3.14.